The number of anilines is 1. The lowest BCUT2D eigenvalue weighted by Gasteiger charge is -2.31. The molecule has 2 aromatic rings. The predicted molar refractivity (Wildman–Crippen MR) is 107 cm³/mol. The van der Waals surface area contributed by atoms with Crippen molar-refractivity contribution >= 4 is 29.1 Å². The van der Waals surface area contributed by atoms with Crippen LogP contribution >= 0.6 is 12.2 Å². The second-order valence-electron chi connectivity index (χ2n) is 5.85. The van der Waals surface area contributed by atoms with Gasteiger partial charge < -0.3 is 25.4 Å². The molecule has 0 saturated carbocycles. The molecule has 2 heterocycles. The van der Waals surface area contributed by atoms with Gasteiger partial charge in [0.1, 0.15) is 17.3 Å². The van der Waals surface area contributed by atoms with Crippen LogP contribution in [0, 0.1) is 0 Å². The van der Waals surface area contributed by atoms with Gasteiger partial charge in [0.15, 0.2) is 5.11 Å². The fourth-order valence-corrected chi connectivity index (χ4v) is 3.18. The van der Waals surface area contributed by atoms with Crippen LogP contribution in [0.1, 0.15) is 18.5 Å². The molecule has 0 unspecified atom stereocenters. The Morgan fingerprint density at radius 2 is 2.04 bits per heavy atom. The number of carbonyl (C=O) groups is 1. The van der Waals surface area contributed by atoms with Crippen LogP contribution < -0.4 is 25.4 Å². The molecule has 0 saturated heterocycles. The standard InChI is InChI=1S/C19H20N4O3S/c1-11-16(18(24)22-15-6-4-5-9-20-15)17(23-19(27)21-11)13-10-12(25-2)7-8-14(13)26-3/h4-10,17H,1-3H3,(H,20,22,24)(H2,21,23,27)/t17-/m1/s1. The van der Waals surface area contributed by atoms with E-state index in [1.165, 1.54) is 0 Å². The van der Waals surface area contributed by atoms with Gasteiger partial charge in [-0.3, -0.25) is 4.79 Å². The van der Waals surface area contributed by atoms with Gasteiger partial charge in [0.2, 0.25) is 0 Å². The Hall–Kier alpha value is -3.13. The minimum Gasteiger partial charge on any atom is -0.497 e. The molecule has 8 heteroatoms. The maximum atomic E-state index is 13.0. The molecule has 1 aliphatic heterocycles. The SMILES string of the molecule is COc1ccc(OC)c([C@H]2NC(=S)NC(C)=C2C(=O)Nc2ccccn2)c1. The first-order valence-electron chi connectivity index (χ1n) is 8.26. The fourth-order valence-electron chi connectivity index (χ4n) is 2.91. The number of hydrogen-bond donors (Lipinski definition) is 3. The molecule has 7 nitrogen and oxygen atoms in total. The quantitative estimate of drug-likeness (QED) is 0.683. The topological polar surface area (TPSA) is 84.5 Å². The zero-order chi connectivity index (χ0) is 19.4. The van der Waals surface area contributed by atoms with Gasteiger partial charge in [-0.15, -0.1) is 0 Å². The van der Waals surface area contributed by atoms with E-state index in [2.05, 4.69) is 20.9 Å². The van der Waals surface area contributed by atoms with E-state index < -0.39 is 6.04 Å². The maximum Gasteiger partial charge on any atom is 0.256 e. The number of ether oxygens (including phenoxy) is 2. The number of thiocarbonyl (C=S) groups is 1. The molecule has 3 rings (SSSR count). The first-order chi connectivity index (χ1) is 13.0. The monoisotopic (exact) mass is 384 g/mol. The number of hydrogen-bond acceptors (Lipinski definition) is 5. The van der Waals surface area contributed by atoms with E-state index in [1.54, 1.807) is 57.7 Å². The fraction of sp³-hybridized carbons (Fsp3) is 0.211. The first kappa shape index (κ1) is 18.7. The molecule has 1 amide bonds. The van der Waals surface area contributed by atoms with Crippen LogP contribution in [-0.4, -0.2) is 30.2 Å². The van der Waals surface area contributed by atoms with E-state index in [0.717, 1.165) is 5.56 Å². The Morgan fingerprint density at radius 3 is 2.70 bits per heavy atom. The molecule has 3 N–H and O–H groups in total. The summed E-state index contributed by atoms with van der Waals surface area (Å²) < 4.78 is 10.8. The van der Waals surface area contributed by atoms with Gasteiger partial charge in [-0.05, 0) is 49.5 Å². The average Bonchev–Trinajstić information content (AvgIpc) is 2.67. The van der Waals surface area contributed by atoms with Gasteiger partial charge in [-0.2, -0.15) is 0 Å². The van der Waals surface area contributed by atoms with Crippen LogP contribution in [0.25, 0.3) is 0 Å². The van der Waals surface area contributed by atoms with Crippen molar-refractivity contribution in [2.45, 2.75) is 13.0 Å². The smallest absolute Gasteiger partial charge is 0.256 e. The lowest BCUT2D eigenvalue weighted by molar-refractivity contribution is -0.113. The van der Waals surface area contributed by atoms with E-state index in [9.17, 15) is 4.79 Å². The van der Waals surface area contributed by atoms with Crippen molar-refractivity contribution in [3.8, 4) is 11.5 Å². The van der Waals surface area contributed by atoms with Crippen LogP contribution in [0.5, 0.6) is 11.5 Å². The van der Waals surface area contributed by atoms with Gasteiger partial charge in [0.25, 0.3) is 5.91 Å². The number of methoxy groups -OCH3 is 2. The average molecular weight is 384 g/mol. The Labute approximate surface area is 162 Å². The lowest BCUT2D eigenvalue weighted by atomic mass is 9.94. The third-order valence-electron chi connectivity index (χ3n) is 4.17. The Balaban J connectivity index is 2.03. The summed E-state index contributed by atoms with van der Waals surface area (Å²) in [6.07, 6.45) is 1.62. The first-order valence-corrected chi connectivity index (χ1v) is 8.67. The van der Waals surface area contributed by atoms with Crippen molar-refractivity contribution < 1.29 is 14.3 Å². The molecule has 0 bridgehead atoms. The van der Waals surface area contributed by atoms with E-state index >= 15 is 0 Å². The summed E-state index contributed by atoms with van der Waals surface area (Å²) in [7, 11) is 3.16. The minimum atomic E-state index is -0.507. The van der Waals surface area contributed by atoms with Crippen molar-refractivity contribution in [3.63, 3.8) is 0 Å². The van der Waals surface area contributed by atoms with Crippen LogP contribution in [-0.2, 0) is 4.79 Å². The minimum absolute atomic E-state index is 0.288. The van der Waals surface area contributed by atoms with Gasteiger partial charge in [-0.25, -0.2) is 4.98 Å². The zero-order valence-electron chi connectivity index (χ0n) is 15.2. The summed E-state index contributed by atoms with van der Waals surface area (Å²) in [4.78, 5) is 17.2. The molecule has 1 atom stereocenters. The molecule has 0 fully saturated rings. The summed E-state index contributed by atoms with van der Waals surface area (Å²) in [6.45, 7) is 1.81. The number of nitrogens with zero attached hydrogens (tertiary/aromatic N) is 1. The zero-order valence-corrected chi connectivity index (χ0v) is 16.0. The summed E-state index contributed by atoms with van der Waals surface area (Å²) in [6, 6.07) is 10.2. The number of nitrogens with one attached hydrogen (secondary N) is 3. The molecule has 0 spiro atoms. The van der Waals surface area contributed by atoms with Gasteiger partial charge in [0.05, 0.1) is 25.8 Å². The van der Waals surface area contributed by atoms with Crippen LogP contribution in [0.4, 0.5) is 5.82 Å². The molecule has 1 aliphatic rings. The molecule has 27 heavy (non-hydrogen) atoms. The normalized spacial score (nSPS) is 16.3. The Bertz CT molecular complexity index is 899. The second-order valence-corrected chi connectivity index (χ2v) is 6.26. The van der Waals surface area contributed by atoms with Crippen molar-refractivity contribution in [2.24, 2.45) is 0 Å². The highest BCUT2D eigenvalue weighted by molar-refractivity contribution is 7.80. The number of allylic oxidation sites excluding steroid dienone is 1. The van der Waals surface area contributed by atoms with E-state index in [0.29, 0.717) is 33.7 Å². The molecule has 140 valence electrons. The predicted octanol–water partition coefficient (Wildman–Crippen LogP) is 2.53. The van der Waals surface area contributed by atoms with Crippen molar-refractivity contribution in [2.75, 3.05) is 19.5 Å². The maximum absolute atomic E-state index is 13.0. The largest absolute Gasteiger partial charge is 0.497 e. The number of carbonyl (C=O) groups excluding carboxylic acids is 1. The number of rotatable bonds is 5. The van der Waals surface area contributed by atoms with Crippen LogP contribution in [0.15, 0.2) is 53.9 Å². The van der Waals surface area contributed by atoms with Crippen molar-refractivity contribution in [1.82, 2.24) is 15.6 Å². The highest BCUT2D eigenvalue weighted by Crippen LogP contribution is 2.35. The van der Waals surface area contributed by atoms with Crippen LogP contribution in [0.3, 0.4) is 0 Å². The number of pyridine rings is 1. The molecular weight excluding hydrogens is 364 g/mol. The number of amides is 1. The molecule has 0 radical (unpaired) electrons. The molecule has 1 aromatic carbocycles. The lowest BCUT2D eigenvalue weighted by Crippen LogP contribution is -2.45. The van der Waals surface area contributed by atoms with Gasteiger partial charge in [0, 0.05) is 17.5 Å². The summed E-state index contributed by atoms with van der Waals surface area (Å²) >= 11 is 5.30. The third kappa shape index (κ3) is 4.01. The van der Waals surface area contributed by atoms with Gasteiger partial charge in [-0.1, -0.05) is 6.07 Å². The van der Waals surface area contributed by atoms with Gasteiger partial charge >= 0.3 is 0 Å². The van der Waals surface area contributed by atoms with E-state index in [4.69, 9.17) is 21.7 Å². The van der Waals surface area contributed by atoms with Crippen LogP contribution in [0.2, 0.25) is 0 Å². The Kier molecular flexibility index (Phi) is 5.56. The highest BCUT2D eigenvalue weighted by atomic mass is 32.1. The van der Waals surface area contributed by atoms with Crippen molar-refractivity contribution in [1.29, 1.82) is 0 Å². The molecule has 0 aliphatic carbocycles. The summed E-state index contributed by atoms with van der Waals surface area (Å²) in [5.41, 5.74) is 1.88. The third-order valence-corrected chi connectivity index (χ3v) is 4.39. The summed E-state index contributed by atoms with van der Waals surface area (Å²) in [5, 5.41) is 9.41. The molecular formula is C19H20N4O3S. The highest BCUT2D eigenvalue weighted by Gasteiger charge is 2.32. The van der Waals surface area contributed by atoms with E-state index in [1.807, 2.05) is 6.07 Å². The second kappa shape index (κ2) is 8.05. The number of benzene rings is 1. The number of aromatic nitrogens is 1. The summed E-state index contributed by atoms with van der Waals surface area (Å²) in [5.74, 6) is 1.45. The Morgan fingerprint density at radius 1 is 1.22 bits per heavy atom. The van der Waals surface area contributed by atoms with Crippen molar-refractivity contribution in [3.05, 3.63) is 59.4 Å². The van der Waals surface area contributed by atoms with E-state index in [-0.39, 0.29) is 5.91 Å². The molecule has 1 aromatic heterocycles.